The average molecular weight is 210 g/mol. The van der Waals surface area contributed by atoms with Crippen molar-refractivity contribution in [2.45, 2.75) is 24.9 Å². The van der Waals surface area contributed by atoms with Crippen LogP contribution in [0.5, 0.6) is 0 Å². The summed E-state index contributed by atoms with van der Waals surface area (Å²) in [5.74, 6) is 0.561. The fraction of sp³-hybridized carbons (Fsp3) is 1.00. The third-order valence-electron chi connectivity index (χ3n) is 2.88. The van der Waals surface area contributed by atoms with E-state index in [1.54, 1.807) is 0 Å². The Morgan fingerprint density at radius 3 is 2.38 bits per heavy atom. The predicted octanol–water partition coefficient (Wildman–Crippen LogP) is 1.54. The third-order valence-corrected chi connectivity index (χ3v) is 2.88. The minimum absolute atomic E-state index is 0. The van der Waals surface area contributed by atoms with Gasteiger partial charge in [0.1, 0.15) is 5.67 Å². The van der Waals surface area contributed by atoms with Crippen molar-refractivity contribution in [3.05, 3.63) is 0 Å². The lowest BCUT2D eigenvalue weighted by atomic mass is 9.84. The van der Waals surface area contributed by atoms with Crippen molar-refractivity contribution in [3.8, 4) is 0 Å². The van der Waals surface area contributed by atoms with Crippen LogP contribution in [-0.4, -0.2) is 32.0 Å². The largest absolute Gasteiger partial charge is 0.381 e. The van der Waals surface area contributed by atoms with Gasteiger partial charge in [-0.15, -0.1) is 12.4 Å². The van der Waals surface area contributed by atoms with E-state index in [-0.39, 0.29) is 12.4 Å². The number of hydrogen-bond donors (Lipinski definition) is 1. The van der Waals surface area contributed by atoms with Crippen LogP contribution in [0.1, 0.15) is 19.3 Å². The van der Waals surface area contributed by atoms with Crippen molar-refractivity contribution in [2.75, 3.05) is 26.3 Å². The number of ether oxygens (including phenoxy) is 1. The highest BCUT2D eigenvalue weighted by Gasteiger charge is 2.39. The molecule has 2 aliphatic rings. The number of alkyl halides is 1. The fourth-order valence-electron chi connectivity index (χ4n) is 2.01. The maximum Gasteiger partial charge on any atom is 0.136 e. The molecular formula is C9H17ClFNO. The SMILES string of the molecule is Cl.FC1(CC2CCOCC2)CNC1. The first-order chi connectivity index (χ1) is 5.79. The van der Waals surface area contributed by atoms with Crippen molar-refractivity contribution in [1.82, 2.24) is 5.32 Å². The van der Waals surface area contributed by atoms with Crippen LogP contribution in [0.15, 0.2) is 0 Å². The van der Waals surface area contributed by atoms with Crippen molar-refractivity contribution in [1.29, 1.82) is 0 Å². The Bertz CT molecular complexity index is 158. The highest BCUT2D eigenvalue weighted by atomic mass is 35.5. The number of nitrogens with one attached hydrogen (secondary N) is 1. The van der Waals surface area contributed by atoms with Crippen molar-refractivity contribution in [3.63, 3.8) is 0 Å². The number of halogens is 2. The summed E-state index contributed by atoms with van der Waals surface area (Å²) in [4.78, 5) is 0. The Labute approximate surface area is 84.6 Å². The molecule has 2 saturated heterocycles. The van der Waals surface area contributed by atoms with E-state index in [0.717, 1.165) is 32.5 Å². The number of hydrogen-bond acceptors (Lipinski definition) is 2. The standard InChI is InChI=1S/C9H16FNO.ClH/c10-9(6-11-7-9)5-8-1-3-12-4-2-8;/h8,11H,1-7H2;1H. The highest BCUT2D eigenvalue weighted by molar-refractivity contribution is 5.85. The molecule has 0 aromatic heterocycles. The zero-order chi connectivity index (χ0) is 8.44. The Morgan fingerprint density at radius 2 is 1.92 bits per heavy atom. The Kier molecular flexibility index (Phi) is 3.95. The van der Waals surface area contributed by atoms with Gasteiger partial charge in [0.2, 0.25) is 0 Å². The summed E-state index contributed by atoms with van der Waals surface area (Å²) in [6.07, 6.45) is 2.83. The summed E-state index contributed by atoms with van der Waals surface area (Å²) in [5, 5.41) is 2.99. The maximum atomic E-state index is 13.6. The fourth-order valence-corrected chi connectivity index (χ4v) is 2.01. The summed E-state index contributed by atoms with van der Waals surface area (Å²) < 4.78 is 18.8. The van der Waals surface area contributed by atoms with Gasteiger partial charge in [-0.25, -0.2) is 4.39 Å². The summed E-state index contributed by atoms with van der Waals surface area (Å²) in [6.45, 7) is 2.77. The molecule has 1 N–H and O–H groups in total. The van der Waals surface area contributed by atoms with E-state index in [1.807, 2.05) is 0 Å². The van der Waals surface area contributed by atoms with E-state index in [2.05, 4.69) is 5.32 Å². The first-order valence-corrected chi connectivity index (χ1v) is 4.76. The van der Waals surface area contributed by atoms with Crippen molar-refractivity contribution < 1.29 is 9.13 Å². The average Bonchev–Trinajstić information content (AvgIpc) is 2.04. The lowest BCUT2D eigenvalue weighted by Crippen LogP contribution is -2.57. The van der Waals surface area contributed by atoms with Crippen LogP contribution in [0.2, 0.25) is 0 Å². The molecule has 0 radical (unpaired) electrons. The van der Waals surface area contributed by atoms with E-state index in [0.29, 0.717) is 19.0 Å². The summed E-state index contributed by atoms with van der Waals surface area (Å²) >= 11 is 0. The van der Waals surface area contributed by atoms with Gasteiger partial charge < -0.3 is 10.1 Å². The summed E-state index contributed by atoms with van der Waals surface area (Å²) in [6, 6.07) is 0. The van der Waals surface area contributed by atoms with E-state index < -0.39 is 5.67 Å². The van der Waals surface area contributed by atoms with Crippen LogP contribution >= 0.6 is 12.4 Å². The second-order valence-corrected chi connectivity index (χ2v) is 4.01. The molecule has 0 atom stereocenters. The van der Waals surface area contributed by atoms with E-state index in [9.17, 15) is 4.39 Å². The zero-order valence-electron chi connectivity index (χ0n) is 7.72. The molecule has 0 bridgehead atoms. The molecule has 2 fully saturated rings. The van der Waals surface area contributed by atoms with Gasteiger partial charge in [-0.2, -0.15) is 0 Å². The Balaban J connectivity index is 0.000000845. The van der Waals surface area contributed by atoms with Gasteiger partial charge in [0.25, 0.3) is 0 Å². The van der Waals surface area contributed by atoms with Crippen molar-refractivity contribution in [2.24, 2.45) is 5.92 Å². The van der Waals surface area contributed by atoms with Crippen LogP contribution in [0.25, 0.3) is 0 Å². The van der Waals surface area contributed by atoms with Crippen LogP contribution in [0, 0.1) is 5.92 Å². The van der Waals surface area contributed by atoms with E-state index in [1.165, 1.54) is 0 Å². The molecule has 0 aliphatic carbocycles. The number of rotatable bonds is 2. The predicted molar refractivity (Wildman–Crippen MR) is 52.1 cm³/mol. The first kappa shape index (κ1) is 11.2. The minimum Gasteiger partial charge on any atom is -0.381 e. The van der Waals surface area contributed by atoms with Crippen LogP contribution in [0.3, 0.4) is 0 Å². The maximum absolute atomic E-state index is 13.6. The van der Waals surface area contributed by atoms with E-state index >= 15 is 0 Å². The molecule has 2 nitrogen and oxygen atoms in total. The molecule has 2 heterocycles. The van der Waals surface area contributed by atoms with Gasteiger partial charge in [-0.1, -0.05) is 0 Å². The normalized spacial score (nSPS) is 27.5. The molecule has 4 heteroatoms. The lowest BCUT2D eigenvalue weighted by Gasteiger charge is -2.38. The molecule has 0 amide bonds. The minimum atomic E-state index is -0.887. The molecule has 0 aromatic rings. The van der Waals surface area contributed by atoms with Crippen LogP contribution < -0.4 is 5.32 Å². The van der Waals surface area contributed by atoms with Crippen molar-refractivity contribution >= 4 is 12.4 Å². The van der Waals surface area contributed by atoms with Gasteiger partial charge >= 0.3 is 0 Å². The smallest absolute Gasteiger partial charge is 0.136 e. The Morgan fingerprint density at radius 1 is 1.31 bits per heavy atom. The van der Waals surface area contributed by atoms with Gasteiger partial charge in [-0.05, 0) is 25.2 Å². The topological polar surface area (TPSA) is 21.3 Å². The monoisotopic (exact) mass is 209 g/mol. The molecule has 78 valence electrons. The molecule has 13 heavy (non-hydrogen) atoms. The molecule has 0 spiro atoms. The lowest BCUT2D eigenvalue weighted by molar-refractivity contribution is 0.0141. The molecule has 2 rings (SSSR count). The molecule has 0 saturated carbocycles. The van der Waals surface area contributed by atoms with Gasteiger partial charge in [-0.3, -0.25) is 0 Å². The Hall–Kier alpha value is 0.140. The quantitative estimate of drug-likeness (QED) is 0.745. The van der Waals surface area contributed by atoms with Gasteiger partial charge in [0.15, 0.2) is 0 Å². The summed E-state index contributed by atoms with van der Waals surface area (Å²) in [7, 11) is 0. The van der Waals surface area contributed by atoms with Crippen LogP contribution in [-0.2, 0) is 4.74 Å². The second kappa shape index (κ2) is 4.58. The van der Waals surface area contributed by atoms with E-state index in [4.69, 9.17) is 4.74 Å². The van der Waals surface area contributed by atoms with Gasteiger partial charge in [0.05, 0.1) is 0 Å². The third kappa shape index (κ3) is 2.79. The zero-order valence-corrected chi connectivity index (χ0v) is 8.54. The van der Waals surface area contributed by atoms with Gasteiger partial charge in [0, 0.05) is 26.3 Å². The summed E-state index contributed by atoms with van der Waals surface area (Å²) in [5.41, 5.74) is -0.887. The first-order valence-electron chi connectivity index (χ1n) is 4.76. The van der Waals surface area contributed by atoms with Crippen LogP contribution in [0.4, 0.5) is 4.39 Å². The highest BCUT2D eigenvalue weighted by Crippen LogP contribution is 2.30. The molecule has 0 aromatic carbocycles. The molecule has 0 unspecified atom stereocenters. The second-order valence-electron chi connectivity index (χ2n) is 4.01. The molecule has 2 aliphatic heterocycles. The molecular weight excluding hydrogens is 193 g/mol.